The van der Waals surface area contributed by atoms with Gasteiger partial charge in [0, 0.05) is 45.9 Å². The van der Waals surface area contributed by atoms with Crippen molar-refractivity contribution >= 4 is 5.96 Å². The minimum absolute atomic E-state index is 0.388. The van der Waals surface area contributed by atoms with E-state index in [1.807, 2.05) is 0 Å². The van der Waals surface area contributed by atoms with Crippen LogP contribution in [0.25, 0.3) is 0 Å². The van der Waals surface area contributed by atoms with E-state index in [-0.39, 0.29) is 0 Å². The number of nitrogens with one attached hydrogen (secondary N) is 2. The minimum atomic E-state index is 0.388. The molecule has 0 aliphatic heterocycles. The van der Waals surface area contributed by atoms with Crippen molar-refractivity contribution in [2.45, 2.75) is 64.3 Å². The highest BCUT2D eigenvalue weighted by molar-refractivity contribution is 5.79. The first-order valence-electron chi connectivity index (χ1n) is 9.90. The molecule has 2 saturated carbocycles. The Balaban J connectivity index is 1.75. The van der Waals surface area contributed by atoms with Crippen molar-refractivity contribution in [2.75, 3.05) is 46.9 Å². The standard InChI is InChI=1S/C19H38N4O/c1-4-20-18(21-13-14-23(2)17-8-5-6-9-17)22-16-19(10-7-11-19)12-15-24-3/h17H,4-16H2,1-3H3,(H2,20,21,22). The molecule has 0 amide bonds. The summed E-state index contributed by atoms with van der Waals surface area (Å²) in [5.74, 6) is 0.973. The maximum Gasteiger partial charge on any atom is 0.191 e. The van der Waals surface area contributed by atoms with Crippen LogP contribution in [0.15, 0.2) is 4.99 Å². The Labute approximate surface area is 148 Å². The van der Waals surface area contributed by atoms with E-state index in [4.69, 9.17) is 9.73 Å². The van der Waals surface area contributed by atoms with Gasteiger partial charge in [0.25, 0.3) is 0 Å². The molecule has 0 spiro atoms. The van der Waals surface area contributed by atoms with Gasteiger partial charge >= 0.3 is 0 Å². The highest BCUT2D eigenvalue weighted by atomic mass is 16.5. The Morgan fingerprint density at radius 3 is 2.54 bits per heavy atom. The Hall–Kier alpha value is -0.810. The van der Waals surface area contributed by atoms with E-state index in [0.717, 1.165) is 51.2 Å². The third-order valence-corrected chi connectivity index (χ3v) is 5.87. The van der Waals surface area contributed by atoms with Gasteiger partial charge in [-0.15, -0.1) is 0 Å². The number of nitrogens with zero attached hydrogens (tertiary/aromatic N) is 2. The van der Waals surface area contributed by atoms with E-state index in [9.17, 15) is 0 Å². The topological polar surface area (TPSA) is 48.9 Å². The van der Waals surface area contributed by atoms with Gasteiger partial charge in [-0.2, -0.15) is 0 Å². The average Bonchev–Trinajstić information content (AvgIpc) is 3.08. The molecule has 2 fully saturated rings. The van der Waals surface area contributed by atoms with E-state index in [1.165, 1.54) is 44.9 Å². The van der Waals surface area contributed by atoms with E-state index in [0.29, 0.717) is 5.41 Å². The molecule has 2 N–H and O–H groups in total. The lowest BCUT2D eigenvalue weighted by molar-refractivity contribution is 0.0778. The molecule has 24 heavy (non-hydrogen) atoms. The van der Waals surface area contributed by atoms with Gasteiger partial charge in [-0.1, -0.05) is 19.3 Å². The van der Waals surface area contributed by atoms with Crippen LogP contribution in [-0.4, -0.2) is 63.8 Å². The van der Waals surface area contributed by atoms with Crippen LogP contribution in [0.5, 0.6) is 0 Å². The summed E-state index contributed by atoms with van der Waals surface area (Å²) in [4.78, 5) is 7.38. The van der Waals surface area contributed by atoms with Crippen LogP contribution >= 0.6 is 0 Å². The van der Waals surface area contributed by atoms with E-state index in [1.54, 1.807) is 7.11 Å². The first-order chi connectivity index (χ1) is 11.7. The van der Waals surface area contributed by atoms with E-state index >= 15 is 0 Å². The molecule has 0 aromatic heterocycles. The quantitative estimate of drug-likeness (QED) is 0.475. The number of ether oxygens (including phenoxy) is 1. The fraction of sp³-hybridized carbons (Fsp3) is 0.947. The van der Waals surface area contributed by atoms with Crippen LogP contribution in [0.2, 0.25) is 0 Å². The Bertz CT molecular complexity index is 376. The Morgan fingerprint density at radius 1 is 1.21 bits per heavy atom. The summed E-state index contributed by atoms with van der Waals surface area (Å²) in [7, 11) is 4.05. The van der Waals surface area contributed by atoms with Crippen LogP contribution in [0, 0.1) is 5.41 Å². The number of hydrogen-bond acceptors (Lipinski definition) is 3. The van der Waals surface area contributed by atoms with Gasteiger partial charge in [0.2, 0.25) is 0 Å². The average molecular weight is 339 g/mol. The van der Waals surface area contributed by atoms with E-state index < -0.39 is 0 Å². The van der Waals surface area contributed by atoms with Crippen LogP contribution in [0.4, 0.5) is 0 Å². The maximum absolute atomic E-state index is 5.28. The fourth-order valence-corrected chi connectivity index (χ4v) is 3.95. The minimum Gasteiger partial charge on any atom is -0.385 e. The van der Waals surface area contributed by atoms with Crippen LogP contribution in [0.1, 0.15) is 58.3 Å². The molecule has 0 unspecified atom stereocenters. The fourth-order valence-electron chi connectivity index (χ4n) is 3.95. The lowest BCUT2D eigenvalue weighted by Gasteiger charge is -2.40. The van der Waals surface area contributed by atoms with Crippen molar-refractivity contribution in [1.82, 2.24) is 15.5 Å². The molecule has 140 valence electrons. The smallest absolute Gasteiger partial charge is 0.191 e. The van der Waals surface area contributed by atoms with Crippen molar-refractivity contribution in [2.24, 2.45) is 10.4 Å². The summed E-state index contributed by atoms with van der Waals surface area (Å²) < 4.78 is 5.28. The normalized spacial score (nSPS) is 21.1. The highest BCUT2D eigenvalue weighted by Gasteiger charge is 2.36. The third kappa shape index (κ3) is 5.92. The number of aliphatic imine (C=N–C) groups is 1. The molecule has 0 bridgehead atoms. The molecule has 2 aliphatic carbocycles. The summed E-state index contributed by atoms with van der Waals surface area (Å²) in [5.41, 5.74) is 0.388. The second-order valence-electron chi connectivity index (χ2n) is 7.64. The molecule has 2 aliphatic rings. The summed E-state index contributed by atoms with van der Waals surface area (Å²) in [6.07, 6.45) is 10.6. The van der Waals surface area contributed by atoms with Crippen molar-refractivity contribution < 1.29 is 4.74 Å². The van der Waals surface area contributed by atoms with Gasteiger partial charge in [0.1, 0.15) is 0 Å². The van der Waals surface area contributed by atoms with Crippen molar-refractivity contribution in [3.8, 4) is 0 Å². The summed E-state index contributed by atoms with van der Waals surface area (Å²) >= 11 is 0. The number of guanidine groups is 1. The number of methoxy groups -OCH3 is 1. The highest BCUT2D eigenvalue weighted by Crippen LogP contribution is 2.44. The van der Waals surface area contributed by atoms with Gasteiger partial charge < -0.3 is 20.3 Å². The molecular weight excluding hydrogens is 300 g/mol. The van der Waals surface area contributed by atoms with Gasteiger partial charge in [-0.05, 0) is 51.5 Å². The molecule has 5 heteroatoms. The maximum atomic E-state index is 5.28. The zero-order chi connectivity index (χ0) is 17.3. The summed E-state index contributed by atoms with van der Waals surface area (Å²) in [6.45, 7) is 6.87. The van der Waals surface area contributed by atoms with Crippen molar-refractivity contribution in [1.29, 1.82) is 0 Å². The lowest BCUT2D eigenvalue weighted by Crippen LogP contribution is -2.43. The Kier molecular flexibility index (Phi) is 8.33. The predicted octanol–water partition coefficient (Wildman–Crippen LogP) is 2.62. The van der Waals surface area contributed by atoms with Crippen LogP contribution in [-0.2, 0) is 4.74 Å². The second-order valence-corrected chi connectivity index (χ2v) is 7.64. The monoisotopic (exact) mass is 338 g/mol. The molecule has 0 aromatic carbocycles. The van der Waals surface area contributed by atoms with Gasteiger partial charge in [-0.25, -0.2) is 0 Å². The molecule has 0 radical (unpaired) electrons. The first-order valence-corrected chi connectivity index (χ1v) is 9.90. The third-order valence-electron chi connectivity index (χ3n) is 5.87. The largest absolute Gasteiger partial charge is 0.385 e. The molecule has 5 nitrogen and oxygen atoms in total. The number of hydrogen-bond donors (Lipinski definition) is 2. The van der Waals surface area contributed by atoms with Crippen molar-refractivity contribution in [3.05, 3.63) is 0 Å². The molecule has 0 atom stereocenters. The summed E-state index contributed by atoms with van der Waals surface area (Å²) in [6, 6.07) is 0.790. The molecular formula is C19H38N4O. The SMILES string of the molecule is CCNC(=NCC1(CCOC)CCC1)NCCN(C)C1CCCC1. The zero-order valence-corrected chi connectivity index (χ0v) is 16.1. The summed E-state index contributed by atoms with van der Waals surface area (Å²) in [5, 5.41) is 6.91. The lowest BCUT2D eigenvalue weighted by atomic mass is 9.67. The number of rotatable bonds is 10. The van der Waals surface area contributed by atoms with Crippen LogP contribution in [0.3, 0.4) is 0 Å². The zero-order valence-electron chi connectivity index (χ0n) is 16.1. The van der Waals surface area contributed by atoms with Crippen molar-refractivity contribution in [3.63, 3.8) is 0 Å². The molecule has 0 aromatic rings. The first kappa shape index (κ1) is 19.5. The van der Waals surface area contributed by atoms with Gasteiger partial charge in [0.15, 0.2) is 5.96 Å². The molecule has 0 saturated heterocycles. The Morgan fingerprint density at radius 2 is 1.96 bits per heavy atom. The van der Waals surface area contributed by atoms with Gasteiger partial charge in [0.05, 0.1) is 0 Å². The molecule has 2 rings (SSSR count). The molecule has 0 heterocycles. The van der Waals surface area contributed by atoms with Gasteiger partial charge in [-0.3, -0.25) is 4.99 Å². The second kappa shape index (κ2) is 10.2. The number of likely N-dealkylation sites (N-methyl/N-ethyl adjacent to an activating group) is 1. The van der Waals surface area contributed by atoms with E-state index in [2.05, 4.69) is 29.5 Å². The van der Waals surface area contributed by atoms with Crippen LogP contribution < -0.4 is 10.6 Å². The predicted molar refractivity (Wildman–Crippen MR) is 102 cm³/mol.